The summed E-state index contributed by atoms with van der Waals surface area (Å²) < 4.78 is 2.02. The van der Waals surface area contributed by atoms with Gasteiger partial charge in [-0.2, -0.15) is 5.10 Å². The van der Waals surface area contributed by atoms with Crippen molar-refractivity contribution in [2.24, 2.45) is 7.05 Å². The summed E-state index contributed by atoms with van der Waals surface area (Å²) in [7, 11) is 2.00. The molecule has 0 atom stereocenters. The zero-order valence-corrected chi connectivity index (χ0v) is 11.4. The van der Waals surface area contributed by atoms with E-state index in [0.29, 0.717) is 0 Å². The molecular formula is C13H15N5S. The summed E-state index contributed by atoms with van der Waals surface area (Å²) in [6.07, 6.45) is 5.64. The van der Waals surface area contributed by atoms with Crippen molar-refractivity contribution in [3.8, 4) is 10.6 Å². The van der Waals surface area contributed by atoms with Gasteiger partial charge in [-0.25, -0.2) is 4.98 Å². The van der Waals surface area contributed by atoms with E-state index in [1.807, 2.05) is 36.3 Å². The van der Waals surface area contributed by atoms with Crippen LogP contribution < -0.4 is 5.32 Å². The van der Waals surface area contributed by atoms with Crippen molar-refractivity contribution in [2.75, 3.05) is 0 Å². The highest BCUT2D eigenvalue weighted by Gasteiger charge is 2.08. The van der Waals surface area contributed by atoms with Gasteiger partial charge in [-0.15, -0.1) is 11.3 Å². The SMILES string of the molecule is Cn1ccnc1CNCc1cn[nH]c1-c1cccs1. The molecule has 5 nitrogen and oxygen atoms in total. The summed E-state index contributed by atoms with van der Waals surface area (Å²) in [6, 6.07) is 4.15. The molecule has 0 aliphatic carbocycles. The van der Waals surface area contributed by atoms with Gasteiger partial charge < -0.3 is 9.88 Å². The number of hydrogen-bond donors (Lipinski definition) is 2. The van der Waals surface area contributed by atoms with E-state index in [1.165, 1.54) is 10.4 Å². The number of nitrogens with zero attached hydrogens (tertiary/aromatic N) is 3. The van der Waals surface area contributed by atoms with Gasteiger partial charge in [-0.05, 0) is 11.4 Å². The first kappa shape index (κ1) is 12.1. The first-order chi connectivity index (χ1) is 9.34. The Kier molecular flexibility index (Phi) is 3.43. The Morgan fingerprint density at radius 2 is 2.37 bits per heavy atom. The van der Waals surface area contributed by atoms with Crippen molar-refractivity contribution >= 4 is 11.3 Å². The molecule has 0 bridgehead atoms. The van der Waals surface area contributed by atoms with Crippen LogP contribution in [0.3, 0.4) is 0 Å². The van der Waals surface area contributed by atoms with E-state index in [4.69, 9.17) is 0 Å². The Hall–Kier alpha value is -1.92. The third-order valence-electron chi connectivity index (χ3n) is 3.00. The van der Waals surface area contributed by atoms with Crippen LogP contribution in [0.1, 0.15) is 11.4 Å². The molecule has 3 rings (SSSR count). The minimum atomic E-state index is 0.749. The maximum Gasteiger partial charge on any atom is 0.122 e. The molecule has 3 aromatic rings. The van der Waals surface area contributed by atoms with Gasteiger partial charge in [0.25, 0.3) is 0 Å². The predicted octanol–water partition coefficient (Wildman–Crippen LogP) is 2.16. The number of imidazole rings is 1. The topological polar surface area (TPSA) is 58.5 Å². The van der Waals surface area contributed by atoms with E-state index < -0.39 is 0 Å². The molecule has 0 saturated carbocycles. The van der Waals surface area contributed by atoms with E-state index in [9.17, 15) is 0 Å². The van der Waals surface area contributed by atoms with Gasteiger partial charge in [0.2, 0.25) is 0 Å². The van der Waals surface area contributed by atoms with Gasteiger partial charge in [0.05, 0.1) is 23.3 Å². The van der Waals surface area contributed by atoms with E-state index in [0.717, 1.165) is 24.6 Å². The molecule has 98 valence electrons. The fourth-order valence-corrected chi connectivity index (χ4v) is 2.71. The lowest BCUT2D eigenvalue weighted by Crippen LogP contribution is -2.15. The number of nitrogens with one attached hydrogen (secondary N) is 2. The quantitative estimate of drug-likeness (QED) is 0.749. The van der Waals surface area contributed by atoms with Gasteiger partial charge in [-0.1, -0.05) is 6.07 Å². The summed E-state index contributed by atoms with van der Waals surface area (Å²) >= 11 is 1.71. The maximum absolute atomic E-state index is 4.29. The van der Waals surface area contributed by atoms with E-state index in [2.05, 4.69) is 31.9 Å². The fourth-order valence-electron chi connectivity index (χ4n) is 1.96. The van der Waals surface area contributed by atoms with Crippen LogP contribution in [0.2, 0.25) is 0 Å². The van der Waals surface area contributed by atoms with Gasteiger partial charge >= 0.3 is 0 Å². The Morgan fingerprint density at radius 1 is 1.42 bits per heavy atom. The number of rotatable bonds is 5. The van der Waals surface area contributed by atoms with Gasteiger partial charge in [0, 0.05) is 31.5 Å². The summed E-state index contributed by atoms with van der Waals surface area (Å²) in [6.45, 7) is 1.52. The van der Waals surface area contributed by atoms with Crippen LogP contribution in [0, 0.1) is 0 Å². The number of hydrogen-bond acceptors (Lipinski definition) is 4. The van der Waals surface area contributed by atoms with Crippen molar-refractivity contribution < 1.29 is 0 Å². The molecule has 0 amide bonds. The van der Waals surface area contributed by atoms with Crippen molar-refractivity contribution in [3.05, 3.63) is 47.5 Å². The molecule has 3 aromatic heterocycles. The molecule has 0 unspecified atom stereocenters. The Morgan fingerprint density at radius 3 is 3.11 bits per heavy atom. The van der Waals surface area contributed by atoms with Crippen molar-refractivity contribution in [3.63, 3.8) is 0 Å². The van der Waals surface area contributed by atoms with Crippen LogP contribution in [0.4, 0.5) is 0 Å². The number of H-pyrrole nitrogens is 1. The normalized spacial score (nSPS) is 11.0. The molecule has 0 aliphatic heterocycles. The molecule has 0 aliphatic rings. The first-order valence-electron chi connectivity index (χ1n) is 6.07. The zero-order chi connectivity index (χ0) is 13.1. The molecule has 0 radical (unpaired) electrons. The highest BCUT2D eigenvalue weighted by Crippen LogP contribution is 2.25. The molecule has 0 spiro atoms. The molecule has 3 heterocycles. The molecule has 6 heteroatoms. The lowest BCUT2D eigenvalue weighted by molar-refractivity contribution is 0.640. The highest BCUT2D eigenvalue weighted by atomic mass is 32.1. The summed E-state index contributed by atoms with van der Waals surface area (Å²) in [5.74, 6) is 1.03. The minimum absolute atomic E-state index is 0.749. The number of aromatic nitrogens is 4. The second-order valence-corrected chi connectivity index (χ2v) is 5.25. The lowest BCUT2D eigenvalue weighted by Gasteiger charge is -2.05. The lowest BCUT2D eigenvalue weighted by atomic mass is 10.2. The highest BCUT2D eigenvalue weighted by molar-refractivity contribution is 7.13. The second kappa shape index (κ2) is 5.38. The standard InChI is InChI=1S/C13H15N5S/c1-18-5-4-15-12(18)9-14-7-10-8-16-17-13(10)11-3-2-6-19-11/h2-6,8,14H,7,9H2,1H3,(H,16,17). The largest absolute Gasteiger partial charge is 0.337 e. The van der Waals surface area contributed by atoms with Crippen LogP contribution in [0.15, 0.2) is 36.1 Å². The Labute approximate surface area is 115 Å². The average molecular weight is 273 g/mol. The third-order valence-corrected chi connectivity index (χ3v) is 3.89. The molecule has 0 aromatic carbocycles. The molecule has 0 saturated heterocycles. The Balaban J connectivity index is 1.65. The fraction of sp³-hybridized carbons (Fsp3) is 0.231. The summed E-state index contributed by atoms with van der Waals surface area (Å²) in [5.41, 5.74) is 2.28. The van der Waals surface area contributed by atoms with Crippen LogP contribution in [0.5, 0.6) is 0 Å². The third kappa shape index (κ3) is 2.59. The van der Waals surface area contributed by atoms with Crippen LogP contribution in [-0.4, -0.2) is 19.7 Å². The van der Waals surface area contributed by atoms with Crippen molar-refractivity contribution in [1.82, 2.24) is 25.1 Å². The van der Waals surface area contributed by atoms with Crippen LogP contribution in [-0.2, 0) is 20.1 Å². The predicted molar refractivity (Wildman–Crippen MR) is 75.7 cm³/mol. The molecule has 19 heavy (non-hydrogen) atoms. The summed E-state index contributed by atoms with van der Waals surface area (Å²) in [5, 5.41) is 12.7. The van der Waals surface area contributed by atoms with Gasteiger partial charge in [0.1, 0.15) is 5.82 Å². The van der Waals surface area contributed by atoms with Gasteiger partial charge in [0.15, 0.2) is 0 Å². The van der Waals surface area contributed by atoms with E-state index >= 15 is 0 Å². The summed E-state index contributed by atoms with van der Waals surface area (Å²) in [4.78, 5) is 5.50. The second-order valence-electron chi connectivity index (χ2n) is 4.31. The minimum Gasteiger partial charge on any atom is -0.337 e. The first-order valence-corrected chi connectivity index (χ1v) is 6.95. The average Bonchev–Trinajstić information content (AvgIpc) is 3.11. The molecule has 0 fully saturated rings. The molecular weight excluding hydrogens is 258 g/mol. The van der Waals surface area contributed by atoms with E-state index in [-0.39, 0.29) is 0 Å². The van der Waals surface area contributed by atoms with Crippen molar-refractivity contribution in [1.29, 1.82) is 0 Å². The van der Waals surface area contributed by atoms with E-state index in [1.54, 1.807) is 11.3 Å². The number of aromatic amines is 1. The van der Waals surface area contributed by atoms with Crippen LogP contribution in [0.25, 0.3) is 10.6 Å². The van der Waals surface area contributed by atoms with Crippen molar-refractivity contribution in [2.45, 2.75) is 13.1 Å². The molecule has 2 N–H and O–H groups in total. The smallest absolute Gasteiger partial charge is 0.122 e. The van der Waals surface area contributed by atoms with Crippen LogP contribution >= 0.6 is 11.3 Å². The zero-order valence-electron chi connectivity index (χ0n) is 10.6. The Bertz CT molecular complexity index is 638. The number of aryl methyl sites for hydroxylation is 1. The maximum atomic E-state index is 4.29. The monoisotopic (exact) mass is 273 g/mol. The number of thiophene rings is 1. The van der Waals surface area contributed by atoms with Gasteiger partial charge in [-0.3, -0.25) is 5.10 Å².